The lowest BCUT2D eigenvalue weighted by molar-refractivity contribution is -0.119. The quantitative estimate of drug-likeness (QED) is 0.768. The molecule has 0 saturated heterocycles. The van der Waals surface area contributed by atoms with Crippen molar-refractivity contribution in [3.63, 3.8) is 0 Å². The summed E-state index contributed by atoms with van der Waals surface area (Å²) < 4.78 is 30.7. The minimum absolute atomic E-state index is 0.279. The predicted octanol–water partition coefficient (Wildman–Crippen LogP) is 2.48. The van der Waals surface area contributed by atoms with Crippen molar-refractivity contribution in [1.82, 2.24) is 5.32 Å². The molecule has 1 amide bonds. The monoisotopic (exact) mass is 376 g/mol. The SMILES string of the molecule is CCOc1ccc(N(CC(=O)NCc2cccc(C)c2)S(C)(=O)=O)cc1. The fourth-order valence-corrected chi connectivity index (χ4v) is 3.34. The molecule has 0 heterocycles. The Hall–Kier alpha value is -2.54. The Balaban J connectivity index is 2.06. The molecule has 0 spiro atoms. The van der Waals surface area contributed by atoms with Gasteiger partial charge in [-0.1, -0.05) is 29.8 Å². The summed E-state index contributed by atoms with van der Waals surface area (Å²) in [5.74, 6) is 0.277. The summed E-state index contributed by atoms with van der Waals surface area (Å²) in [5, 5.41) is 2.76. The van der Waals surface area contributed by atoms with Gasteiger partial charge in [-0.05, 0) is 43.7 Å². The highest BCUT2D eigenvalue weighted by Crippen LogP contribution is 2.21. The molecule has 6 nitrogen and oxygen atoms in total. The lowest BCUT2D eigenvalue weighted by atomic mass is 10.1. The summed E-state index contributed by atoms with van der Waals surface area (Å²) >= 11 is 0. The number of carbonyl (C=O) groups excluding carboxylic acids is 1. The second-order valence-corrected chi connectivity index (χ2v) is 7.87. The molecule has 0 saturated carbocycles. The van der Waals surface area contributed by atoms with Crippen LogP contribution < -0.4 is 14.4 Å². The van der Waals surface area contributed by atoms with Crippen LogP contribution in [-0.2, 0) is 21.4 Å². The predicted molar refractivity (Wildman–Crippen MR) is 103 cm³/mol. The lowest BCUT2D eigenvalue weighted by Gasteiger charge is -2.22. The number of amides is 1. The van der Waals surface area contributed by atoms with Crippen LogP contribution >= 0.6 is 0 Å². The van der Waals surface area contributed by atoms with Crippen molar-refractivity contribution in [2.24, 2.45) is 0 Å². The summed E-state index contributed by atoms with van der Waals surface area (Å²) in [4.78, 5) is 12.3. The smallest absolute Gasteiger partial charge is 0.241 e. The van der Waals surface area contributed by atoms with E-state index in [0.717, 1.165) is 21.7 Å². The second kappa shape index (κ2) is 8.71. The normalized spacial score (nSPS) is 11.0. The summed E-state index contributed by atoms with van der Waals surface area (Å²) in [6.45, 7) is 4.44. The fraction of sp³-hybridized carbons (Fsp3) is 0.316. The number of hydrogen-bond donors (Lipinski definition) is 1. The molecule has 0 radical (unpaired) electrons. The van der Waals surface area contributed by atoms with Crippen molar-refractivity contribution in [1.29, 1.82) is 0 Å². The van der Waals surface area contributed by atoms with Gasteiger partial charge in [0.05, 0.1) is 18.6 Å². The van der Waals surface area contributed by atoms with E-state index < -0.39 is 10.0 Å². The summed E-state index contributed by atoms with van der Waals surface area (Å²) in [5.41, 5.74) is 2.48. The maximum absolute atomic E-state index is 12.3. The summed E-state index contributed by atoms with van der Waals surface area (Å²) in [7, 11) is -3.60. The molecule has 2 aromatic carbocycles. The molecule has 7 heteroatoms. The molecule has 26 heavy (non-hydrogen) atoms. The first-order valence-electron chi connectivity index (χ1n) is 8.32. The number of anilines is 1. The number of benzene rings is 2. The first kappa shape index (κ1) is 19.8. The molecule has 0 aromatic heterocycles. The summed E-state index contributed by atoms with van der Waals surface area (Å²) in [6, 6.07) is 14.4. The Morgan fingerprint density at radius 2 is 1.85 bits per heavy atom. The minimum atomic E-state index is -3.60. The van der Waals surface area contributed by atoms with Crippen LogP contribution in [0.5, 0.6) is 5.75 Å². The van der Waals surface area contributed by atoms with Crippen molar-refractivity contribution < 1.29 is 17.9 Å². The molecule has 2 rings (SSSR count). The van der Waals surface area contributed by atoms with E-state index in [1.54, 1.807) is 24.3 Å². The molecule has 0 aliphatic rings. The highest BCUT2D eigenvalue weighted by Gasteiger charge is 2.20. The van der Waals surface area contributed by atoms with Gasteiger partial charge in [-0.15, -0.1) is 0 Å². The number of carbonyl (C=O) groups is 1. The van der Waals surface area contributed by atoms with Gasteiger partial charge in [0.1, 0.15) is 12.3 Å². The third-order valence-corrected chi connectivity index (χ3v) is 4.84. The Morgan fingerprint density at radius 3 is 2.42 bits per heavy atom. The van der Waals surface area contributed by atoms with Gasteiger partial charge in [-0.25, -0.2) is 8.42 Å². The van der Waals surface area contributed by atoms with Gasteiger partial charge in [0.25, 0.3) is 0 Å². The minimum Gasteiger partial charge on any atom is -0.494 e. The maximum Gasteiger partial charge on any atom is 0.241 e. The second-order valence-electron chi connectivity index (χ2n) is 5.96. The third kappa shape index (κ3) is 5.77. The van der Waals surface area contributed by atoms with Gasteiger partial charge in [0.15, 0.2) is 0 Å². The molecule has 0 unspecified atom stereocenters. The van der Waals surface area contributed by atoms with Gasteiger partial charge in [0.2, 0.25) is 15.9 Å². The number of nitrogens with one attached hydrogen (secondary N) is 1. The van der Waals surface area contributed by atoms with Crippen LogP contribution in [0, 0.1) is 6.92 Å². The van der Waals surface area contributed by atoms with Gasteiger partial charge in [-0.3, -0.25) is 9.10 Å². The number of nitrogens with zero attached hydrogens (tertiary/aromatic N) is 1. The molecule has 0 fully saturated rings. The van der Waals surface area contributed by atoms with E-state index in [-0.39, 0.29) is 12.5 Å². The molecular weight excluding hydrogens is 352 g/mol. The topological polar surface area (TPSA) is 75.7 Å². The Labute approximate surface area is 154 Å². The average Bonchev–Trinajstić information content (AvgIpc) is 2.58. The molecule has 140 valence electrons. The molecule has 0 atom stereocenters. The van der Waals surface area contributed by atoms with E-state index in [1.807, 2.05) is 38.1 Å². The zero-order valence-electron chi connectivity index (χ0n) is 15.2. The van der Waals surface area contributed by atoms with Crippen LogP contribution in [0.4, 0.5) is 5.69 Å². The standard InChI is InChI=1S/C19H24N2O4S/c1-4-25-18-10-8-17(9-11-18)21(26(3,23)24)14-19(22)20-13-16-7-5-6-15(2)12-16/h5-12H,4,13-14H2,1-3H3,(H,20,22). The van der Waals surface area contributed by atoms with Crippen LogP contribution in [0.2, 0.25) is 0 Å². The summed E-state index contributed by atoms with van der Waals surface area (Å²) in [6.07, 6.45) is 1.08. The van der Waals surface area contributed by atoms with Gasteiger partial charge >= 0.3 is 0 Å². The number of hydrogen-bond acceptors (Lipinski definition) is 4. The van der Waals surface area contributed by atoms with Gasteiger partial charge in [0, 0.05) is 6.54 Å². The molecule has 2 aromatic rings. The first-order chi connectivity index (χ1) is 12.3. The Bertz CT molecular complexity index is 848. The molecular formula is C19H24N2O4S. The van der Waals surface area contributed by atoms with E-state index in [0.29, 0.717) is 24.6 Å². The van der Waals surface area contributed by atoms with Crippen LogP contribution in [0.3, 0.4) is 0 Å². The van der Waals surface area contributed by atoms with Crippen LogP contribution in [0.25, 0.3) is 0 Å². The van der Waals surface area contributed by atoms with E-state index in [2.05, 4.69) is 5.32 Å². The van der Waals surface area contributed by atoms with E-state index in [4.69, 9.17) is 4.74 Å². The highest BCUT2D eigenvalue weighted by atomic mass is 32.2. The Morgan fingerprint density at radius 1 is 1.15 bits per heavy atom. The zero-order valence-corrected chi connectivity index (χ0v) is 16.0. The van der Waals surface area contributed by atoms with E-state index in [1.165, 1.54) is 0 Å². The number of sulfonamides is 1. The fourth-order valence-electron chi connectivity index (χ4n) is 2.48. The number of aryl methyl sites for hydroxylation is 1. The maximum atomic E-state index is 12.3. The van der Waals surface area contributed by atoms with E-state index in [9.17, 15) is 13.2 Å². The van der Waals surface area contributed by atoms with Crippen LogP contribution in [0.15, 0.2) is 48.5 Å². The number of rotatable bonds is 8. The van der Waals surface area contributed by atoms with Crippen molar-refractivity contribution in [3.05, 3.63) is 59.7 Å². The zero-order chi connectivity index (χ0) is 19.2. The van der Waals surface area contributed by atoms with Crippen molar-refractivity contribution in [2.45, 2.75) is 20.4 Å². The van der Waals surface area contributed by atoms with E-state index >= 15 is 0 Å². The highest BCUT2D eigenvalue weighted by molar-refractivity contribution is 7.92. The Kier molecular flexibility index (Phi) is 6.63. The van der Waals surface area contributed by atoms with Crippen molar-refractivity contribution in [2.75, 3.05) is 23.7 Å². The van der Waals surface area contributed by atoms with Crippen LogP contribution in [-0.4, -0.2) is 33.7 Å². The van der Waals surface area contributed by atoms with Crippen molar-refractivity contribution >= 4 is 21.6 Å². The largest absolute Gasteiger partial charge is 0.494 e. The van der Waals surface area contributed by atoms with Crippen molar-refractivity contribution in [3.8, 4) is 5.75 Å². The van der Waals surface area contributed by atoms with Gasteiger partial charge in [-0.2, -0.15) is 0 Å². The third-order valence-electron chi connectivity index (χ3n) is 3.70. The average molecular weight is 376 g/mol. The number of ether oxygens (including phenoxy) is 1. The molecule has 0 aliphatic heterocycles. The molecule has 1 N–H and O–H groups in total. The molecule has 0 bridgehead atoms. The molecule has 0 aliphatic carbocycles. The first-order valence-corrected chi connectivity index (χ1v) is 10.2. The van der Waals surface area contributed by atoms with Crippen LogP contribution in [0.1, 0.15) is 18.1 Å². The van der Waals surface area contributed by atoms with Gasteiger partial charge < -0.3 is 10.1 Å². The lowest BCUT2D eigenvalue weighted by Crippen LogP contribution is -2.40.